The van der Waals surface area contributed by atoms with E-state index in [0.29, 0.717) is 6.23 Å². The van der Waals surface area contributed by atoms with Gasteiger partial charge in [-0.15, -0.1) is 0 Å². The zero-order chi connectivity index (χ0) is 10.3. The molecule has 0 radical (unpaired) electrons. The normalized spacial score (nSPS) is 14.5. The molecule has 0 aliphatic heterocycles. The molecule has 0 aromatic rings. The molecule has 0 N–H and O–H groups in total. The minimum Gasteiger partial charge on any atom is -0.375 e. The summed E-state index contributed by atoms with van der Waals surface area (Å²) in [7, 11) is 2.23. The van der Waals surface area contributed by atoms with E-state index < -0.39 is 8.80 Å². The van der Waals surface area contributed by atoms with Crippen molar-refractivity contribution in [2.75, 3.05) is 27.6 Å². The molecule has 0 saturated heterocycles. The van der Waals surface area contributed by atoms with Gasteiger partial charge in [0.2, 0.25) is 0 Å². The van der Waals surface area contributed by atoms with Gasteiger partial charge in [0.05, 0.1) is 6.10 Å². The molecule has 0 aromatic carbocycles. The van der Waals surface area contributed by atoms with Gasteiger partial charge in [0.15, 0.2) is 0 Å². The van der Waals surface area contributed by atoms with Gasteiger partial charge in [-0.3, -0.25) is 0 Å². The minimum atomic E-state index is -2.52. The second-order valence-corrected chi connectivity index (χ2v) is 5.70. The predicted octanol–water partition coefficient (Wildman–Crippen LogP) is 1.22. The van der Waals surface area contributed by atoms with Gasteiger partial charge < -0.3 is 18.0 Å². The maximum Gasteiger partial charge on any atom is 0.527 e. The smallest absolute Gasteiger partial charge is 0.375 e. The highest BCUT2D eigenvalue weighted by Crippen LogP contribution is 2.08. The highest BCUT2D eigenvalue weighted by Gasteiger charge is 2.38. The first-order valence-electron chi connectivity index (χ1n) is 4.41. The van der Waals surface area contributed by atoms with Crippen molar-refractivity contribution in [2.45, 2.75) is 26.4 Å². The Hall–Kier alpha value is 0.0569. The van der Waals surface area contributed by atoms with E-state index >= 15 is 0 Å². The van der Waals surface area contributed by atoms with Crippen LogP contribution in [0.3, 0.4) is 0 Å². The highest BCUT2D eigenvalue weighted by atomic mass is 28.4. The fourth-order valence-electron chi connectivity index (χ4n) is 0.789. The Morgan fingerprint density at radius 3 is 1.85 bits per heavy atom. The zero-order valence-corrected chi connectivity index (χ0v) is 10.1. The Morgan fingerprint density at radius 1 is 1.08 bits per heavy atom. The third-order valence-electron chi connectivity index (χ3n) is 2.05. The Morgan fingerprint density at radius 2 is 1.54 bits per heavy atom. The van der Waals surface area contributed by atoms with Crippen molar-refractivity contribution in [1.82, 2.24) is 0 Å². The summed E-state index contributed by atoms with van der Waals surface area (Å²) in [5.41, 5.74) is 0. The van der Waals surface area contributed by atoms with Gasteiger partial charge in [0.1, 0.15) is 6.23 Å². The van der Waals surface area contributed by atoms with Gasteiger partial charge in [0, 0.05) is 21.3 Å². The quantitative estimate of drug-likeness (QED) is 0.589. The molecule has 0 aliphatic carbocycles. The Bertz CT molecular complexity index is 119. The summed E-state index contributed by atoms with van der Waals surface area (Å²) in [5, 5.41) is 0. The Balaban J connectivity index is 3.95. The van der Waals surface area contributed by atoms with E-state index in [1.54, 1.807) is 21.3 Å². The fraction of sp³-hybridized carbons (Fsp3) is 1.00. The van der Waals surface area contributed by atoms with Crippen molar-refractivity contribution < 1.29 is 18.0 Å². The first-order valence-corrected chi connectivity index (χ1v) is 6.34. The molecule has 0 amide bonds. The van der Waals surface area contributed by atoms with Gasteiger partial charge in [-0.05, 0) is 13.3 Å². The number of hydrogen-bond acceptors (Lipinski definition) is 4. The van der Waals surface area contributed by atoms with Crippen LogP contribution in [0.4, 0.5) is 0 Å². The molecule has 0 aromatic heterocycles. The van der Waals surface area contributed by atoms with Crippen LogP contribution in [0.25, 0.3) is 0 Å². The Labute approximate surface area is 81.5 Å². The Kier molecular flexibility index (Phi) is 6.53. The molecule has 80 valence electrons. The van der Waals surface area contributed by atoms with Crippen LogP contribution < -0.4 is 0 Å². The molecule has 1 unspecified atom stereocenters. The first-order chi connectivity index (χ1) is 6.14. The summed E-state index contributed by atoms with van der Waals surface area (Å²) >= 11 is 0. The fourth-order valence-corrected chi connectivity index (χ4v) is 2.13. The maximum absolute atomic E-state index is 5.52. The lowest BCUT2D eigenvalue weighted by Gasteiger charge is -2.25. The van der Waals surface area contributed by atoms with Crippen LogP contribution in [0.15, 0.2) is 0 Å². The van der Waals surface area contributed by atoms with Crippen LogP contribution in [0.1, 0.15) is 20.3 Å². The molecular weight excluding hydrogens is 188 g/mol. The molecule has 4 nitrogen and oxygen atoms in total. The van der Waals surface area contributed by atoms with Crippen LogP contribution in [-0.2, 0) is 18.0 Å². The van der Waals surface area contributed by atoms with Crippen molar-refractivity contribution in [3.8, 4) is 0 Å². The second kappa shape index (κ2) is 6.50. The lowest BCUT2D eigenvalue weighted by molar-refractivity contribution is 0.0310. The van der Waals surface area contributed by atoms with Crippen molar-refractivity contribution in [2.24, 2.45) is 0 Å². The van der Waals surface area contributed by atoms with Gasteiger partial charge in [-0.2, -0.15) is 0 Å². The molecule has 0 saturated carbocycles. The topological polar surface area (TPSA) is 36.9 Å². The van der Waals surface area contributed by atoms with Crippen molar-refractivity contribution >= 4 is 8.80 Å². The van der Waals surface area contributed by atoms with Crippen LogP contribution in [0.5, 0.6) is 0 Å². The third kappa shape index (κ3) is 4.19. The molecule has 0 fully saturated rings. The second-order valence-electron chi connectivity index (χ2n) is 2.83. The van der Waals surface area contributed by atoms with E-state index in [2.05, 4.69) is 6.92 Å². The average Bonchev–Trinajstić information content (AvgIpc) is 2.20. The van der Waals surface area contributed by atoms with E-state index in [1.165, 1.54) is 0 Å². The van der Waals surface area contributed by atoms with Crippen LogP contribution in [0, 0.1) is 0 Å². The van der Waals surface area contributed by atoms with Crippen molar-refractivity contribution in [3.05, 3.63) is 0 Å². The van der Waals surface area contributed by atoms with Crippen molar-refractivity contribution in [3.63, 3.8) is 0 Å². The van der Waals surface area contributed by atoms with Gasteiger partial charge in [0.25, 0.3) is 0 Å². The monoisotopic (exact) mass is 208 g/mol. The molecule has 0 heterocycles. The number of ether oxygens (including phenoxy) is 1. The molecule has 13 heavy (non-hydrogen) atoms. The molecule has 0 aliphatic rings. The summed E-state index contributed by atoms with van der Waals surface area (Å²) in [6.45, 7) is 4.08. The molecule has 0 bridgehead atoms. The van der Waals surface area contributed by atoms with Crippen molar-refractivity contribution in [1.29, 1.82) is 0 Å². The number of rotatable bonds is 7. The zero-order valence-electron chi connectivity index (χ0n) is 9.12. The van der Waals surface area contributed by atoms with Crippen LogP contribution >= 0.6 is 0 Å². The van der Waals surface area contributed by atoms with E-state index in [4.69, 9.17) is 18.0 Å². The summed E-state index contributed by atoms with van der Waals surface area (Å²) in [6, 6.07) is 0. The highest BCUT2D eigenvalue weighted by molar-refractivity contribution is 6.60. The largest absolute Gasteiger partial charge is 0.527 e. The maximum atomic E-state index is 5.52. The standard InChI is InChI=1S/C8H20O4Si/c1-6-8(2)12-7-13(9-3,10-4)11-5/h8H,6-7H2,1-5H3. The van der Waals surface area contributed by atoms with Gasteiger partial charge in [-0.25, -0.2) is 0 Å². The van der Waals surface area contributed by atoms with Gasteiger partial charge in [-0.1, -0.05) is 6.92 Å². The van der Waals surface area contributed by atoms with E-state index in [9.17, 15) is 0 Å². The van der Waals surface area contributed by atoms with Crippen LogP contribution in [0.2, 0.25) is 0 Å². The molecule has 0 spiro atoms. The summed E-state index contributed by atoms with van der Waals surface area (Å²) in [4.78, 5) is 0. The molecule has 5 heteroatoms. The first kappa shape index (κ1) is 13.1. The molecular formula is C8H20O4Si. The lowest BCUT2D eigenvalue weighted by atomic mass is 10.3. The van der Waals surface area contributed by atoms with E-state index in [0.717, 1.165) is 6.42 Å². The third-order valence-corrected chi connectivity index (χ3v) is 4.44. The van der Waals surface area contributed by atoms with E-state index in [1.807, 2.05) is 6.92 Å². The average molecular weight is 208 g/mol. The van der Waals surface area contributed by atoms with E-state index in [-0.39, 0.29) is 6.10 Å². The lowest BCUT2D eigenvalue weighted by Crippen LogP contribution is -2.48. The van der Waals surface area contributed by atoms with Gasteiger partial charge >= 0.3 is 8.80 Å². The summed E-state index contributed by atoms with van der Waals surface area (Å²) in [6.07, 6.45) is 1.60. The predicted molar refractivity (Wildman–Crippen MR) is 52.5 cm³/mol. The SMILES string of the molecule is CCC(C)OC[Si](OC)(OC)OC. The molecule has 0 rings (SSSR count). The molecule has 1 atom stereocenters. The summed E-state index contributed by atoms with van der Waals surface area (Å²) < 4.78 is 21.1. The summed E-state index contributed by atoms with van der Waals surface area (Å²) in [5.74, 6) is 0. The number of hydrogen-bond donors (Lipinski definition) is 0. The van der Waals surface area contributed by atoms with Crippen LogP contribution in [-0.4, -0.2) is 42.5 Å². The minimum absolute atomic E-state index is 0.215.